The molecule has 0 heterocycles. The van der Waals surface area contributed by atoms with Gasteiger partial charge >= 0.3 is 6.03 Å². The van der Waals surface area contributed by atoms with Gasteiger partial charge in [0, 0.05) is 0 Å². The summed E-state index contributed by atoms with van der Waals surface area (Å²) in [6.07, 6.45) is 3.02. The Kier molecular flexibility index (Phi) is 4.37. The number of halogens is 1. The van der Waals surface area contributed by atoms with Crippen LogP contribution in [0.1, 0.15) is 5.56 Å². The third-order valence-electron chi connectivity index (χ3n) is 1.47. The lowest BCUT2D eigenvalue weighted by Crippen LogP contribution is -2.24. The topological polar surface area (TPSA) is 67.5 Å². The number of rotatable bonds is 3. The Hall–Kier alpha value is -1.81. The minimum absolute atomic E-state index is 0.398. The van der Waals surface area contributed by atoms with E-state index in [0.29, 0.717) is 5.03 Å². The summed E-state index contributed by atoms with van der Waals surface area (Å²) in [6, 6.07) is 8.78. The van der Waals surface area contributed by atoms with Crippen molar-refractivity contribution in [2.24, 2.45) is 10.8 Å². The number of primary amides is 1. The number of nitrogens with one attached hydrogen (secondary N) is 1. The molecule has 78 valence electrons. The van der Waals surface area contributed by atoms with E-state index in [4.69, 9.17) is 17.3 Å². The Balaban J connectivity index is 2.61. The lowest BCUT2D eigenvalue weighted by Gasteiger charge is -1.93. The van der Waals surface area contributed by atoms with Gasteiger partial charge in [-0.05, 0) is 11.6 Å². The fourth-order valence-electron chi connectivity index (χ4n) is 0.903. The minimum Gasteiger partial charge on any atom is -0.350 e. The highest BCUT2D eigenvalue weighted by molar-refractivity contribution is 6.41. The van der Waals surface area contributed by atoms with E-state index in [1.165, 1.54) is 6.21 Å². The van der Waals surface area contributed by atoms with Gasteiger partial charge in [-0.25, -0.2) is 10.2 Å². The van der Waals surface area contributed by atoms with Crippen molar-refractivity contribution < 1.29 is 4.79 Å². The van der Waals surface area contributed by atoms with Crippen LogP contribution in [0.3, 0.4) is 0 Å². The van der Waals surface area contributed by atoms with Gasteiger partial charge in [0.1, 0.15) is 0 Å². The number of carbonyl (C=O) groups is 1. The van der Waals surface area contributed by atoms with E-state index < -0.39 is 6.03 Å². The second-order valence-electron chi connectivity index (χ2n) is 2.67. The summed E-state index contributed by atoms with van der Waals surface area (Å²) in [5.74, 6) is 0. The van der Waals surface area contributed by atoms with E-state index >= 15 is 0 Å². The molecular formula is C10H10ClN3O. The maximum Gasteiger partial charge on any atom is 0.332 e. The second kappa shape index (κ2) is 5.82. The van der Waals surface area contributed by atoms with E-state index in [1.54, 1.807) is 6.08 Å². The van der Waals surface area contributed by atoms with Gasteiger partial charge in [-0.2, -0.15) is 5.10 Å². The molecule has 0 saturated heterocycles. The predicted octanol–water partition coefficient (Wildman–Crippen LogP) is 1.92. The Morgan fingerprint density at radius 3 is 2.67 bits per heavy atom. The largest absolute Gasteiger partial charge is 0.350 e. The van der Waals surface area contributed by atoms with Crippen molar-refractivity contribution in [3.8, 4) is 0 Å². The van der Waals surface area contributed by atoms with Crippen LogP contribution >= 0.6 is 11.6 Å². The minimum atomic E-state index is -0.726. The lowest BCUT2D eigenvalue weighted by atomic mass is 10.2. The first kappa shape index (κ1) is 11.3. The maximum absolute atomic E-state index is 10.3. The second-order valence-corrected chi connectivity index (χ2v) is 3.11. The number of urea groups is 1. The molecule has 0 aliphatic heterocycles. The molecule has 1 aromatic rings. The first-order chi connectivity index (χ1) is 7.18. The molecule has 1 aromatic carbocycles. The van der Waals surface area contributed by atoms with Crippen molar-refractivity contribution >= 4 is 29.9 Å². The Morgan fingerprint density at radius 1 is 1.40 bits per heavy atom. The van der Waals surface area contributed by atoms with Gasteiger partial charge in [0.15, 0.2) is 0 Å². The third-order valence-corrected chi connectivity index (χ3v) is 1.67. The van der Waals surface area contributed by atoms with Crippen molar-refractivity contribution in [3.05, 3.63) is 40.9 Å². The molecule has 0 aliphatic carbocycles. The first-order valence-corrected chi connectivity index (χ1v) is 4.57. The van der Waals surface area contributed by atoms with Crippen LogP contribution in [0.5, 0.6) is 0 Å². The Morgan fingerprint density at radius 2 is 2.07 bits per heavy atom. The quantitative estimate of drug-likeness (QED) is 0.597. The fourth-order valence-corrected chi connectivity index (χ4v) is 1.08. The molecule has 0 aromatic heterocycles. The molecule has 0 radical (unpaired) electrons. The van der Waals surface area contributed by atoms with E-state index in [0.717, 1.165) is 5.56 Å². The average Bonchev–Trinajstić information content (AvgIpc) is 2.18. The molecule has 0 unspecified atom stereocenters. The van der Waals surface area contributed by atoms with Gasteiger partial charge < -0.3 is 5.73 Å². The number of nitrogens with zero attached hydrogens (tertiary/aromatic N) is 1. The van der Waals surface area contributed by atoms with E-state index in [2.05, 4.69) is 5.10 Å². The monoisotopic (exact) mass is 223 g/mol. The highest BCUT2D eigenvalue weighted by atomic mass is 35.5. The van der Waals surface area contributed by atoms with Crippen molar-refractivity contribution in [3.63, 3.8) is 0 Å². The van der Waals surface area contributed by atoms with Crippen LogP contribution in [0.2, 0.25) is 0 Å². The maximum atomic E-state index is 10.3. The summed E-state index contributed by atoms with van der Waals surface area (Å²) in [6.45, 7) is 0. The van der Waals surface area contributed by atoms with Crippen LogP contribution in [0.4, 0.5) is 4.79 Å². The van der Waals surface area contributed by atoms with Crippen LogP contribution < -0.4 is 11.2 Å². The number of hydrogen-bond donors (Lipinski definition) is 2. The SMILES string of the molecule is NC(=O)N/N=C\C(Cl)=C\c1ccccc1. The van der Waals surface area contributed by atoms with E-state index in [9.17, 15) is 4.79 Å². The summed E-state index contributed by atoms with van der Waals surface area (Å²) in [5.41, 5.74) is 7.80. The van der Waals surface area contributed by atoms with Crippen molar-refractivity contribution in [2.75, 3.05) is 0 Å². The normalized spacial score (nSPS) is 11.7. The number of nitrogens with two attached hydrogens (primary N) is 1. The number of benzene rings is 1. The molecule has 15 heavy (non-hydrogen) atoms. The highest BCUT2D eigenvalue weighted by Gasteiger charge is 1.89. The van der Waals surface area contributed by atoms with Crippen molar-refractivity contribution in [2.45, 2.75) is 0 Å². The Bertz CT molecular complexity index is 387. The zero-order valence-electron chi connectivity index (χ0n) is 7.85. The molecule has 1 rings (SSSR count). The fraction of sp³-hybridized carbons (Fsp3) is 0. The van der Waals surface area contributed by atoms with Crippen LogP contribution in [0.15, 0.2) is 40.5 Å². The lowest BCUT2D eigenvalue weighted by molar-refractivity contribution is 0.249. The molecule has 2 amide bonds. The molecule has 0 saturated carbocycles. The van der Waals surface area contributed by atoms with Crippen LogP contribution in [-0.4, -0.2) is 12.2 Å². The number of hydrazone groups is 1. The smallest absolute Gasteiger partial charge is 0.332 e. The average molecular weight is 224 g/mol. The molecule has 0 fully saturated rings. The van der Waals surface area contributed by atoms with Gasteiger partial charge in [0.05, 0.1) is 11.2 Å². The van der Waals surface area contributed by atoms with Gasteiger partial charge in [0.25, 0.3) is 0 Å². The number of carbonyl (C=O) groups excluding carboxylic acids is 1. The molecule has 4 nitrogen and oxygen atoms in total. The van der Waals surface area contributed by atoms with E-state index in [1.807, 2.05) is 35.8 Å². The van der Waals surface area contributed by atoms with Gasteiger partial charge in [-0.15, -0.1) is 0 Å². The van der Waals surface area contributed by atoms with Crippen molar-refractivity contribution in [1.29, 1.82) is 0 Å². The summed E-state index contributed by atoms with van der Waals surface area (Å²) in [7, 11) is 0. The summed E-state index contributed by atoms with van der Waals surface area (Å²) in [4.78, 5) is 10.3. The van der Waals surface area contributed by atoms with Gasteiger partial charge in [-0.3, -0.25) is 0 Å². The van der Waals surface area contributed by atoms with Gasteiger partial charge in [0.2, 0.25) is 0 Å². The molecular weight excluding hydrogens is 214 g/mol. The Labute approximate surface area is 92.4 Å². The number of hydrogen-bond acceptors (Lipinski definition) is 2. The molecule has 0 aliphatic rings. The number of amides is 2. The number of allylic oxidation sites excluding steroid dienone is 1. The van der Waals surface area contributed by atoms with Crippen LogP contribution in [0, 0.1) is 0 Å². The molecule has 5 heteroatoms. The van der Waals surface area contributed by atoms with E-state index in [-0.39, 0.29) is 0 Å². The zero-order chi connectivity index (χ0) is 11.1. The third kappa shape index (κ3) is 4.83. The summed E-state index contributed by atoms with van der Waals surface area (Å²) < 4.78 is 0. The van der Waals surface area contributed by atoms with Crippen LogP contribution in [0.25, 0.3) is 6.08 Å². The first-order valence-electron chi connectivity index (χ1n) is 4.19. The summed E-state index contributed by atoms with van der Waals surface area (Å²) in [5, 5.41) is 3.92. The van der Waals surface area contributed by atoms with Crippen molar-refractivity contribution in [1.82, 2.24) is 5.43 Å². The summed E-state index contributed by atoms with van der Waals surface area (Å²) >= 11 is 5.82. The highest BCUT2D eigenvalue weighted by Crippen LogP contribution is 2.07. The zero-order valence-corrected chi connectivity index (χ0v) is 8.61. The predicted molar refractivity (Wildman–Crippen MR) is 61.5 cm³/mol. The molecule has 0 bridgehead atoms. The van der Waals surface area contributed by atoms with Crippen LogP contribution in [-0.2, 0) is 0 Å². The standard InChI is InChI=1S/C10H10ClN3O/c11-9(7-13-14-10(12)15)6-8-4-2-1-3-5-8/h1-7H,(H3,12,14,15)/b9-6-,13-7-. The molecule has 3 N–H and O–H groups in total. The molecule has 0 spiro atoms. The van der Waals surface area contributed by atoms with Gasteiger partial charge in [-0.1, -0.05) is 41.9 Å². The molecule has 0 atom stereocenters.